The van der Waals surface area contributed by atoms with Gasteiger partial charge in [-0.25, -0.2) is 18.4 Å². The first-order valence-corrected chi connectivity index (χ1v) is 14.4. The Morgan fingerprint density at radius 2 is 1.82 bits per heavy atom. The smallest absolute Gasteiger partial charge is 0.236 e. The van der Waals surface area contributed by atoms with Gasteiger partial charge in [0.15, 0.2) is 0 Å². The third kappa shape index (κ3) is 4.63. The van der Waals surface area contributed by atoms with Crippen molar-refractivity contribution >= 4 is 43.5 Å². The summed E-state index contributed by atoms with van der Waals surface area (Å²) < 4.78 is 27.4. The van der Waals surface area contributed by atoms with Gasteiger partial charge in [-0.15, -0.1) is 11.3 Å². The highest BCUT2D eigenvalue weighted by molar-refractivity contribution is 7.92. The molecule has 3 aromatic rings. The first kappa shape index (κ1) is 23.5. The molecule has 0 saturated carbocycles. The van der Waals surface area contributed by atoms with E-state index in [4.69, 9.17) is 9.97 Å². The van der Waals surface area contributed by atoms with E-state index in [1.807, 2.05) is 41.7 Å². The molecule has 2 aliphatic rings. The predicted octanol–water partition coefficient (Wildman–Crippen LogP) is 5.06. The highest BCUT2D eigenvalue weighted by atomic mass is 32.2. The summed E-state index contributed by atoms with van der Waals surface area (Å²) in [6.07, 6.45) is 5.06. The van der Waals surface area contributed by atoms with Gasteiger partial charge < -0.3 is 4.90 Å². The minimum absolute atomic E-state index is 0.242. The van der Waals surface area contributed by atoms with E-state index in [2.05, 4.69) is 25.7 Å². The molecule has 1 aliphatic carbocycles. The van der Waals surface area contributed by atoms with Crippen molar-refractivity contribution in [2.24, 2.45) is 5.92 Å². The number of thiophene rings is 1. The number of aromatic nitrogens is 2. The van der Waals surface area contributed by atoms with Crippen LogP contribution in [0.2, 0.25) is 0 Å². The molecule has 34 heavy (non-hydrogen) atoms. The molecule has 3 heterocycles. The van der Waals surface area contributed by atoms with Gasteiger partial charge in [-0.2, -0.15) is 4.31 Å². The fourth-order valence-electron chi connectivity index (χ4n) is 4.80. The average Bonchev–Trinajstić information content (AvgIpc) is 3.20. The Morgan fingerprint density at radius 3 is 2.53 bits per heavy atom. The number of fused-ring (bicyclic) bond motifs is 3. The van der Waals surface area contributed by atoms with Crippen molar-refractivity contribution in [3.63, 3.8) is 0 Å². The van der Waals surface area contributed by atoms with Gasteiger partial charge in [-0.05, 0) is 42.4 Å². The quantitative estimate of drug-likeness (QED) is 0.494. The van der Waals surface area contributed by atoms with Crippen LogP contribution in [-0.4, -0.2) is 48.9 Å². The van der Waals surface area contributed by atoms with Crippen LogP contribution in [0.4, 0.5) is 5.82 Å². The van der Waals surface area contributed by atoms with E-state index in [1.165, 1.54) is 27.7 Å². The van der Waals surface area contributed by atoms with Gasteiger partial charge in [0.2, 0.25) is 10.0 Å². The SMILES string of the molecule is CC1CCc2c(sc3nc(C(C)C)nc(N4CCN(S(=O)(=O)/C=C/c5ccccc5)CC4)c23)C1. The van der Waals surface area contributed by atoms with E-state index in [0.29, 0.717) is 32.1 Å². The molecule has 8 heteroatoms. The maximum Gasteiger partial charge on any atom is 0.236 e. The summed E-state index contributed by atoms with van der Waals surface area (Å²) in [6.45, 7) is 8.74. The number of nitrogens with zero attached hydrogens (tertiary/aromatic N) is 4. The Bertz CT molecular complexity index is 1310. The van der Waals surface area contributed by atoms with Crippen LogP contribution < -0.4 is 4.90 Å². The van der Waals surface area contributed by atoms with E-state index in [-0.39, 0.29) is 5.92 Å². The van der Waals surface area contributed by atoms with Crippen LogP contribution in [0.1, 0.15) is 54.9 Å². The molecular formula is C26H32N4O2S2. The van der Waals surface area contributed by atoms with Crippen molar-refractivity contribution in [3.8, 4) is 0 Å². The number of hydrogen-bond donors (Lipinski definition) is 0. The predicted molar refractivity (Wildman–Crippen MR) is 141 cm³/mol. The van der Waals surface area contributed by atoms with Crippen LogP contribution in [0, 0.1) is 5.92 Å². The molecule has 1 aliphatic heterocycles. The van der Waals surface area contributed by atoms with Crippen LogP contribution in [0.3, 0.4) is 0 Å². The summed E-state index contributed by atoms with van der Waals surface area (Å²) in [5, 5.41) is 2.53. The van der Waals surface area contributed by atoms with Crippen LogP contribution in [0.25, 0.3) is 16.3 Å². The number of aryl methyl sites for hydroxylation is 1. The molecular weight excluding hydrogens is 464 g/mol. The highest BCUT2D eigenvalue weighted by Crippen LogP contribution is 2.41. The van der Waals surface area contributed by atoms with Crippen LogP contribution in [0.5, 0.6) is 0 Å². The summed E-state index contributed by atoms with van der Waals surface area (Å²) >= 11 is 1.83. The minimum atomic E-state index is -3.47. The second-order valence-electron chi connectivity index (χ2n) is 9.74. The molecule has 1 aromatic carbocycles. The van der Waals surface area contributed by atoms with Crippen molar-refractivity contribution in [1.29, 1.82) is 0 Å². The molecule has 1 fully saturated rings. The second-order valence-corrected chi connectivity index (χ2v) is 12.6. The first-order chi connectivity index (χ1) is 16.3. The molecule has 0 N–H and O–H groups in total. The van der Waals surface area contributed by atoms with E-state index in [1.54, 1.807) is 10.4 Å². The molecule has 180 valence electrons. The molecule has 0 spiro atoms. The Morgan fingerprint density at radius 1 is 1.09 bits per heavy atom. The van der Waals surface area contributed by atoms with Gasteiger partial charge in [0.25, 0.3) is 0 Å². The zero-order valence-electron chi connectivity index (χ0n) is 20.1. The third-order valence-electron chi connectivity index (χ3n) is 6.80. The maximum atomic E-state index is 12.9. The molecule has 6 nitrogen and oxygen atoms in total. The average molecular weight is 497 g/mol. The number of benzene rings is 1. The Balaban J connectivity index is 1.40. The summed E-state index contributed by atoms with van der Waals surface area (Å²) in [5.74, 6) is 2.82. The summed E-state index contributed by atoms with van der Waals surface area (Å²) in [6, 6.07) is 9.54. The Hall–Kier alpha value is -2.29. The van der Waals surface area contributed by atoms with Gasteiger partial charge in [0.1, 0.15) is 16.5 Å². The monoisotopic (exact) mass is 496 g/mol. The van der Waals surface area contributed by atoms with Crippen molar-refractivity contribution in [1.82, 2.24) is 14.3 Å². The molecule has 5 rings (SSSR count). The molecule has 0 bridgehead atoms. The lowest BCUT2D eigenvalue weighted by atomic mass is 9.89. The van der Waals surface area contributed by atoms with Gasteiger partial charge in [-0.1, -0.05) is 51.1 Å². The van der Waals surface area contributed by atoms with Gasteiger partial charge in [0.05, 0.1) is 5.39 Å². The fraction of sp³-hybridized carbons (Fsp3) is 0.462. The molecule has 2 aromatic heterocycles. The van der Waals surface area contributed by atoms with Gasteiger partial charge >= 0.3 is 0 Å². The first-order valence-electron chi connectivity index (χ1n) is 12.1. The Labute approximate surface area is 206 Å². The highest BCUT2D eigenvalue weighted by Gasteiger charge is 2.30. The number of hydrogen-bond acceptors (Lipinski definition) is 6. The van der Waals surface area contributed by atoms with Crippen molar-refractivity contribution in [2.75, 3.05) is 31.1 Å². The minimum Gasteiger partial charge on any atom is -0.353 e. The zero-order chi connectivity index (χ0) is 23.9. The van der Waals surface area contributed by atoms with Crippen molar-refractivity contribution in [2.45, 2.75) is 46.0 Å². The van der Waals surface area contributed by atoms with Crippen LogP contribution in [0.15, 0.2) is 35.7 Å². The molecule has 0 radical (unpaired) electrons. The number of rotatable bonds is 5. The largest absolute Gasteiger partial charge is 0.353 e. The van der Waals surface area contributed by atoms with E-state index in [9.17, 15) is 8.42 Å². The lowest BCUT2D eigenvalue weighted by molar-refractivity contribution is 0.389. The van der Waals surface area contributed by atoms with Gasteiger partial charge in [-0.3, -0.25) is 0 Å². The Kier molecular flexibility index (Phi) is 6.48. The molecule has 1 unspecified atom stereocenters. The second kappa shape index (κ2) is 9.40. The molecule has 1 saturated heterocycles. The van der Waals surface area contributed by atoms with E-state index < -0.39 is 10.0 Å². The third-order valence-corrected chi connectivity index (χ3v) is 9.51. The van der Waals surface area contributed by atoms with Crippen molar-refractivity contribution in [3.05, 3.63) is 57.6 Å². The maximum absolute atomic E-state index is 12.9. The van der Waals surface area contributed by atoms with Crippen molar-refractivity contribution < 1.29 is 8.42 Å². The van der Waals surface area contributed by atoms with Crippen LogP contribution in [-0.2, 0) is 22.9 Å². The number of piperazine rings is 1. The lowest BCUT2D eigenvalue weighted by Crippen LogP contribution is -2.48. The topological polar surface area (TPSA) is 66.4 Å². The zero-order valence-corrected chi connectivity index (χ0v) is 21.7. The summed E-state index contributed by atoms with van der Waals surface area (Å²) in [7, 11) is -3.47. The van der Waals surface area contributed by atoms with Crippen LogP contribution >= 0.6 is 11.3 Å². The fourth-order valence-corrected chi connectivity index (χ4v) is 7.35. The number of sulfonamides is 1. The summed E-state index contributed by atoms with van der Waals surface area (Å²) in [4.78, 5) is 14.8. The lowest BCUT2D eigenvalue weighted by Gasteiger charge is -2.35. The molecule has 0 amide bonds. The number of anilines is 1. The summed E-state index contributed by atoms with van der Waals surface area (Å²) in [5.41, 5.74) is 2.30. The van der Waals surface area contributed by atoms with E-state index in [0.717, 1.165) is 34.9 Å². The standard InChI is InChI=1S/C26H32N4O2S2/c1-18(2)24-27-25(23-21-10-9-19(3)17-22(21)33-26(23)28-24)29-12-14-30(15-13-29)34(31,32)16-11-20-7-5-4-6-8-20/h4-8,11,16,18-19H,9-10,12-15,17H2,1-3H3/b16-11+. The molecule has 1 atom stereocenters. The van der Waals surface area contributed by atoms with Gasteiger partial charge in [0, 0.05) is 42.4 Å². The normalized spacial score (nSPS) is 19.9. The van der Waals surface area contributed by atoms with E-state index >= 15 is 0 Å².